The summed E-state index contributed by atoms with van der Waals surface area (Å²) in [4.78, 5) is 0. The third-order valence-corrected chi connectivity index (χ3v) is 3.23. The first kappa shape index (κ1) is 13.4. The van der Waals surface area contributed by atoms with Crippen LogP contribution < -0.4 is 15.2 Å². The van der Waals surface area contributed by atoms with Crippen molar-refractivity contribution in [2.24, 2.45) is 0 Å². The summed E-state index contributed by atoms with van der Waals surface area (Å²) in [6.45, 7) is 0. The van der Waals surface area contributed by atoms with E-state index < -0.39 is 0 Å². The summed E-state index contributed by atoms with van der Waals surface area (Å²) >= 11 is 0. The van der Waals surface area contributed by atoms with Crippen molar-refractivity contribution in [3.8, 4) is 11.5 Å². The fourth-order valence-electron chi connectivity index (χ4n) is 2.04. The first-order valence-electron chi connectivity index (χ1n) is 6.33. The predicted molar refractivity (Wildman–Crippen MR) is 75.3 cm³/mol. The van der Waals surface area contributed by atoms with E-state index in [-0.39, 0.29) is 6.04 Å². The van der Waals surface area contributed by atoms with Crippen LogP contribution in [0, 0.1) is 0 Å². The lowest BCUT2D eigenvalue weighted by atomic mass is 9.99. The minimum Gasteiger partial charge on any atom is -0.497 e. The van der Waals surface area contributed by atoms with E-state index >= 15 is 0 Å². The molecule has 0 saturated carbocycles. The van der Waals surface area contributed by atoms with Gasteiger partial charge in [0.1, 0.15) is 17.5 Å². The number of methoxy groups -OCH3 is 2. The molecule has 0 bridgehead atoms. The molecule has 0 heterocycles. The maximum atomic E-state index is 5.16. The zero-order valence-corrected chi connectivity index (χ0v) is 11.4. The Hall–Kier alpha value is -2.00. The Morgan fingerprint density at radius 1 is 0.842 bits per heavy atom. The molecule has 2 aromatic carbocycles. The number of quaternary nitrogens is 1. The molecule has 0 fully saturated rings. The van der Waals surface area contributed by atoms with Gasteiger partial charge >= 0.3 is 0 Å². The summed E-state index contributed by atoms with van der Waals surface area (Å²) in [6, 6.07) is 16.5. The number of ether oxygens (including phenoxy) is 2. The molecular weight excluding hydrogens is 238 g/mol. The largest absolute Gasteiger partial charge is 0.497 e. The van der Waals surface area contributed by atoms with E-state index in [0.29, 0.717) is 0 Å². The van der Waals surface area contributed by atoms with Gasteiger partial charge < -0.3 is 15.2 Å². The van der Waals surface area contributed by atoms with Crippen LogP contribution in [0.4, 0.5) is 0 Å². The standard InChI is InChI=1S/C16H19NO2/c1-18-14-7-3-12(4-8-14)11-16(17)13-5-9-15(19-2)10-6-13/h3-10,16H,11,17H2,1-2H3/p+1/t16-/m0/s1. The molecule has 0 unspecified atom stereocenters. The lowest BCUT2D eigenvalue weighted by Crippen LogP contribution is -2.54. The summed E-state index contributed by atoms with van der Waals surface area (Å²) in [5, 5.41) is 0. The minimum absolute atomic E-state index is 0.235. The Kier molecular flexibility index (Phi) is 4.42. The topological polar surface area (TPSA) is 46.1 Å². The van der Waals surface area contributed by atoms with E-state index in [1.165, 1.54) is 11.1 Å². The normalized spacial score (nSPS) is 11.9. The van der Waals surface area contributed by atoms with Crippen molar-refractivity contribution in [1.82, 2.24) is 0 Å². The number of hydrogen-bond acceptors (Lipinski definition) is 2. The third-order valence-electron chi connectivity index (χ3n) is 3.23. The molecule has 19 heavy (non-hydrogen) atoms. The van der Waals surface area contributed by atoms with Crippen molar-refractivity contribution in [2.75, 3.05) is 14.2 Å². The summed E-state index contributed by atoms with van der Waals surface area (Å²) < 4.78 is 10.3. The molecule has 0 amide bonds. The van der Waals surface area contributed by atoms with Crippen molar-refractivity contribution in [3.05, 3.63) is 59.7 Å². The van der Waals surface area contributed by atoms with Crippen molar-refractivity contribution in [3.63, 3.8) is 0 Å². The summed E-state index contributed by atoms with van der Waals surface area (Å²) in [7, 11) is 3.35. The van der Waals surface area contributed by atoms with E-state index in [4.69, 9.17) is 9.47 Å². The molecule has 100 valence electrons. The second-order valence-electron chi connectivity index (χ2n) is 4.52. The van der Waals surface area contributed by atoms with Crippen LogP contribution in [0.15, 0.2) is 48.5 Å². The fraction of sp³-hybridized carbons (Fsp3) is 0.250. The van der Waals surface area contributed by atoms with Crippen LogP contribution in [0.3, 0.4) is 0 Å². The van der Waals surface area contributed by atoms with Gasteiger partial charge in [-0.1, -0.05) is 12.1 Å². The molecule has 0 spiro atoms. The van der Waals surface area contributed by atoms with Crippen LogP contribution in [-0.2, 0) is 6.42 Å². The smallest absolute Gasteiger partial charge is 0.118 e. The lowest BCUT2D eigenvalue weighted by Gasteiger charge is -2.10. The van der Waals surface area contributed by atoms with Gasteiger partial charge in [-0.05, 0) is 42.0 Å². The summed E-state index contributed by atoms with van der Waals surface area (Å²) in [6.07, 6.45) is 0.913. The van der Waals surface area contributed by atoms with Gasteiger partial charge in [-0.15, -0.1) is 0 Å². The van der Waals surface area contributed by atoms with E-state index in [1.807, 2.05) is 24.3 Å². The number of hydrogen-bond donors (Lipinski definition) is 1. The first-order valence-corrected chi connectivity index (χ1v) is 6.33. The second-order valence-corrected chi connectivity index (χ2v) is 4.52. The average molecular weight is 258 g/mol. The van der Waals surface area contributed by atoms with Crippen LogP contribution >= 0.6 is 0 Å². The zero-order chi connectivity index (χ0) is 13.7. The SMILES string of the molecule is COc1ccc(C[C@H]([NH3+])c2ccc(OC)cc2)cc1. The highest BCUT2D eigenvalue weighted by atomic mass is 16.5. The van der Waals surface area contributed by atoms with Crippen LogP contribution in [0.1, 0.15) is 17.2 Å². The molecular formula is C16H20NO2+. The van der Waals surface area contributed by atoms with Crippen molar-refractivity contribution >= 4 is 0 Å². The Bertz CT molecular complexity index is 505. The second kappa shape index (κ2) is 6.25. The Morgan fingerprint density at radius 3 is 1.79 bits per heavy atom. The molecule has 3 nitrogen and oxygen atoms in total. The maximum absolute atomic E-state index is 5.16. The van der Waals surface area contributed by atoms with Crippen LogP contribution in [-0.4, -0.2) is 14.2 Å². The molecule has 2 aromatic rings. The molecule has 0 aliphatic carbocycles. The molecule has 0 aromatic heterocycles. The van der Waals surface area contributed by atoms with E-state index in [2.05, 4.69) is 30.0 Å². The summed E-state index contributed by atoms with van der Waals surface area (Å²) in [5.74, 6) is 1.76. The molecule has 0 aliphatic heterocycles. The maximum Gasteiger partial charge on any atom is 0.118 e. The van der Waals surface area contributed by atoms with E-state index in [0.717, 1.165) is 17.9 Å². The summed E-state index contributed by atoms with van der Waals surface area (Å²) in [5.41, 5.74) is 6.71. The molecule has 0 saturated heterocycles. The number of rotatable bonds is 5. The third kappa shape index (κ3) is 3.48. The minimum atomic E-state index is 0.235. The average Bonchev–Trinajstić information content (AvgIpc) is 2.48. The van der Waals surface area contributed by atoms with E-state index in [1.54, 1.807) is 14.2 Å². The van der Waals surface area contributed by atoms with Gasteiger partial charge in [0.15, 0.2) is 0 Å². The van der Waals surface area contributed by atoms with Gasteiger partial charge in [-0.2, -0.15) is 0 Å². The predicted octanol–water partition coefficient (Wildman–Crippen LogP) is 2.23. The monoisotopic (exact) mass is 258 g/mol. The van der Waals surface area contributed by atoms with Gasteiger partial charge in [-0.25, -0.2) is 0 Å². The zero-order valence-electron chi connectivity index (χ0n) is 11.4. The van der Waals surface area contributed by atoms with Gasteiger partial charge in [0, 0.05) is 12.0 Å². The van der Waals surface area contributed by atoms with Gasteiger partial charge in [0.05, 0.1) is 14.2 Å². The van der Waals surface area contributed by atoms with E-state index in [9.17, 15) is 0 Å². The Labute approximate surface area is 114 Å². The Balaban J connectivity index is 2.04. The number of benzene rings is 2. The van der Waals surface area contributed by atoms with Crippen molar-refractivity contribution < 1.29 is 15.2 Å². The van der Waals surface area contributed by atoms with Gasteiger partial charge in [0.25, 0.3) is 0 Å². The van der Waals surface area contributed by atoms with Gasteiger partial charge in [-0.3, -0.25) is 0 Å². The molecule has 2 rings (SSSR count). The van der Waals surface area contributed by atoms with Crippen molar-refractivity contribution in [1.29, 1.82) is 0 Å². The highest BCUT2D eigenvalue weighted by molar-refractivity contribution is 5.31. The van der Waals surface area contributed by atoms with Crippen molar-refractivity contribution in [2.45, 2.75) is 12.5 Å². The highest BCUT2D eigenvalue weighted by Crippen LogP contribution is 2.19. The lowest BCUT2D eigenvalue weighted by molar-refractivity contribution is -0.426. The molecule has 0 aliphatic rings. The molecule has 3 heteroatoms. The molecule has 1 atom stereocenters. The Morgan fingerprint density at radius 2 is 1.32 bits per heavy atom. The quantitative estimate of drug-likeness (QED) is 0.894. The van der Waals surface area contributed by atoms with Crippen LogP contribution in [0.25, 0.3) is 0 Å². The molecule has 3 N–H and O–H groups in total. The first-order chi connectivity index (χ1) is 9.22. The van der Waals surface area contributed by atoms with Crippen LogP contribution in [0.5, 0.6) is 11.5 Å². The van der Waals surface area contributed by atoms with Gasteiger partial charge in [0.2, 0.25) is 0 Å². The molecule has 0 radical (unpaired) electrons. The fourth-order valence-corrected chi connectivity index (χ4v) is 2.04. The highest BCUT2D eigenvalue weighted by Gasteiger charge is 2.10. The van der Waals surface area contributed by atoms with Crippen LogP contribution in [0.2, 0.25) is 0 Å².